The molecule has 6 heteroatoms. The smallest absolute Gasteiger partial charge is 0.242 e. The van der Waals surface area contributed by atoms with Crippen LogP contribution in [0.4, 0.5) is 4.39 Å². The summed E-state index contributed by atoms with van der Waals surface area (Å²) < 4.78 is 19.0. The Hall–Kier alpha value is -2.89. The number of carbonyl (C=O) groups is 2. The largest absolute Gasteiger partial charge is 0.494 e. The van der Waals surface area contributed by atoms with Crippen molar-refractivity contribution < 1.29 is 18.7 Å². The number of rotatable bonds is 12. The number of benzene rings is 2. The van der Waals surface area contributed by atoms with E-state index in [4.69, 9.17) is 4.74 Å². The number of carbonyl (C=O) groups excluding carboxylic acids is 2. The van der Waals surface area contributed by atoms with Crippen molar-refractivity contribution in [3.05, 3.63) is 65.5 Å². The second kappa shape index (κ2) is 12.7. The molecule has 168 valence electrons. The third kappa shape index (κ3) is 8.40. The Morgan fingerprint density at radius 3 is 2.39 bits per heavy atom. The molecule has 2 aromatic rings. The van der Waals surface area contributed by atoms with Gasteiger partial charge < -0.3 is 15.0 Å². The van der Waals surface area contributed by atoms with Crippen LogP contribution in [0.5, 0.6) is 5.75 Å². The van der Waals surface area contributed by atoms with E-state index in [9.17, 15) is 14.0 Å². The molecule has 0 bridgehead atoms. The van der Waals surface area contributed by atoms with E-state index < -0.39 is 6.04 Å². The third-order valence-corrected chi connectivity index (χ3v) is 5.09. The molecule has 2 aromatic carbocycles. The number of hydrogen-bond donors (Lipinski definition) is 1. The summed E-state index contributed by atoms with van der Waals surface area (Å²) in [4.78, 5) is 27.1. The summed E-state index contributed by atoms with van der Waals surface area (Å²) in [6.07, 6.45) is 2.67. The first kappa shape index (κ1) is 24.4. The number of nitrogens with one attached hydrogen (secondary N) is 1. The normalized spacial score (nSPS) is 11.6. The van der Waals surface area contributed by atoms with Crippen LogP contribution in [0.15, 0.2) is 48.5 Å². The Balaban J connectivity index is 1.96. The number of aryl methyl sites for hydroxylation is 1. The molecule has 0 saturated carbocycles. The molecule has 31 heavy (non-hydrogen) atoms. The Kier molecular flexibility index (Phi) is 10.0. The van der Waals surface area contributed by atoms with E-state index in [1.165, 1.54) is 12.1 Å². The molecule has 0 unspecified atom stereocenters. The Labute approximate surface area is 184 Å². The lowest BCUT2D eigenvalue weighted by molar-refractivity contribution is -0.140. The van der Waals surface area contributed by atoms with Gasteiger partial charge in [-0.25, -0.2) is 4.39 Å². The molecule has 0 aromatic heterocycles. The van der Waals surface area contributed by atoms with E-state index in [0.29, 0.717) is 19.6 Å². The number of hydrogen-bond acceptors (Lipinski definition) is 3. The topological polar surface area (TPSA) is 58.6 Å². The number of unbranched alkanes of at least 4 members (excludes halogenated alkanes) is 1. The predicted octanol–water partition coefficient (Wildman–Crippen LogP) is 4.63. The SMILES string of the molecule is CCCCNC(=O)[C@@H](C)N(Cc1ccc(F)cc1)C(=O)CCCOc1ccc(C)cc1. The van der Waals surface area contributed by atoms with Crippen molar-refractivity contribution >= 4 is 11.8 Å². The molecule has 1 atom stereocenters. The minimum Gasteiger partial charge on any atom is -0.494 e. The van der Waals surface area contributed by atoms with Crippen molar-refractivity contribution in [1.29, 1.82) is 0 Å². The quantitative estimate of drug-likeness (QED) is 0.502. The number of halogens is 1. The monoisotopic (exact) mass is 428 g/mol. The summed E-state index contributed by atoms with van der Waals surface area (Å²) in [7, 11) is 0. The average molecular weight is 429 g/mol. The Morgan fingerprint density at radius 2 is 1.74 bits per heavy atom. The van der Waals surface area contributed by atoms with Crippen molar-refractivity contribution in [2.75, 3.05) is 13.2 Å². The first-order valence-electron chi connectivity index (χ1n) is 10.9. The molecule has 5 nitrogen and oxygen atoms in total. The van der Waals surface area contributed by atoms with Crippen LogP contribution in [0.25, 0.3) is 0 Å². The fourth-order valence-corrected chi connectivity index (χ4v) is 3.10. The van der Waals surface area contributed by atoms with Crippen molar-refractivity contribution in [2.24, 2.45) is 0 Å². The fraction of sp³-hybridized carbons (Fsp3) is 0.440. The summed E-state index contributed by atoms with van der Waals surface area (Å²) in [5, 5.41) is 2.89. The standard InChI is InChI=1S/C25H33FN2O3/c1-4-5-16-27-25(30)20(3)28(18-21-10-12-22(26)13-11-21)24(29)7-6-17-31-23-14-8-19(2)9-15-23/h8-15,20H,4-7,16-18H2,1-3H3,(H,27,30)/t20-/m1/s1. The zero-order chi connectivity index (χ0) is 22.6. The molecular formula is C25H33FN2O3. The van der Waals surface area contributed by atoms with Gasteiger partial charge >= 0.3 is 0 Å². The lowest BCUT2D eigenvalue weighted by atomic mass is 10.1. The van der Waals surface area contributed by atoms with Gasteiger partial charge in [-0.2, -0.15) is 0 Å². The highest BCUT2D eigenvalue weighted by atomic mass is 19.1. The molecule has 0 aliphatic carbocycles. The summed E-state index contributed by atoms with van der Waals surface area (Å²) in [6, 6.07) is 13.1. The van der Waals surface area contributed by atoms with Gasteiger partial charge in [0.15, 0.2) is 0 Å². The number of ether oxygens (including phenoxy) is 1. The van der Waals surface area contributed by atoms with Gasteiger partial charge in [-0.1, -0.05) is 43.2 Å². The summed E-state index contributed by atoms with van der Waals surface area (Å²) in [6.45, 7) is 7.04. The van der Waals surface area contributed by atoms with Gasteiger partial charge in [-0.3, -0.25) is 9.59 Å². The van der Waals surface area contributed by atoms with Gasteiger partial charge in [0.1, 0.15) is 17.6 Å². The average Bonchev–Trinajstić information content (AvgIpc) is 2.77. The van der Waals surface area contributed by atoms with Crippen LogP contribution >= 0.6 is 0 Å². The van der Waals surface area contributed by atoms with E-state index >= 15 is 0 Å². The highest BCUT2D eigenvalue weighted by Gasteiger charge is 2.25. The maximum absolute atomic E-state index is 13.3. The fourth-order valence-electron chi connectivity index (χ4n) is 3.10. The minimum atomic E-state index is -0.618. The highest BCUT2D eigenvalue weighted by molar-refractivity contribution is 5.87. The maximum atomic E-state index is 13.3. The first-order chi connectivity index (χ1) is 14.9. The van der Waals surface area contributed by atoms with Crippen LogP contribution in [-0.4, -0.2) is 35.9 Å². The molecule has 0 spiro atoms. The van der Waals surface area contributed by atoms with Crippen LogP contribution in [-0.2, 0) is 16.1 Å². The second-order valence-corrected chi connectivity index (χ2v) is 7.73. The maximum Gasteiger partial charge on any atom is 0.242 e. The molecule has 0 fully saturated rings. The molecule has 2 rings (SSSR count). The predicted molar refractivity (Wildman–Crippen MR) is 120 cm³/mol. The van der Waals surface area contributed by atoms with Gasteiger partial charge in [0.25, 0.3) is 0 Å². The van der Waals surface area contributed by atoms with Crippen molar-refractivity contribution in [1.82, 2.24) is 10.2 Å². The lowest BCUT2D eigenvalue weighted by Crippen LogP contribution is -2.47. The van der Waals surface area contributed by atoms with Crippen LogP contribution in [0.3, 0.4) is 0 Å². The molecule has 0 aliphatic heterocycles. The molecule has 0 radical (unpaired) electrons. The van der Waals surface area contributed by atoms with Crippen LogP contribution in [0.1, 0.15) is 50.7 Å². The Bertz CT molecular complexity index is 822. The zero-order valence-corrected chi connectivity index (χ0v) is 18.7. The van der Waals surface area contributed by atoms with Crippen molar-refractivity contribution in [3.63, 3.8) is 0 Å². The highest BCUT2D eigenvalue weighted by Crippen LogP contribution is 2.15. The molecule has 0 heterocycles. The van der Waals surface area contributed by atoms with E-state index in [-0.39, 0.29) is 30.6 Å². The number of nitrogens with zero attached hydrogens (tertiary/aromatic N) is 1. The van der Waals surface area contributed by atoms with Crippen molar-refractivity contribution in [3.8, 4) is 5.75 Å². The molecule has 1 N–H and O–H groups in total. The summed E-state index contributed by atoms with van der Waals surface area (Å²) in [5.74, 6) is 0.125. The minimum absolute atomic E-state index is 0.130. The van der Waals surface area contributed by atoms with Gasteiger partial charge in [-0.05, 0) is 56.5 Å². The van der Waals surface area contributed by atoms with Gasteiger partial charge in [-0.15, -0.1) is 0 Å². The first-order valence-corrected chi connectivity index (χ1v) is 10.9. The molecule has 2 amide bonds. The van der Waals surface area contributed by atoms with Gasteiger partial charge in [0.05, 0.1) is 6.61 Å². The number of amides is 2. The van der Waals surface area contributed by atoms with Gasteiger partial charge in [0.2, 0.25) is 11.8 Å². The lowest BCUT2D eigenvalue weighted by Gasteiger charge is -2.29. The summed E-state index contributed by atoms with van der Waals surface area (Å²) in [5.41, 5.74) is 1.93. The van der Waals surface area contributed by atoms with Crippen LogP contribution in [0, 0.1) is 12.7 Å². The van der Waals surface area contributed by atoms with Crippen LogP contribution in [0.2, 0.25) is 0 Å². The second-order valence-electron chi connectivity index (χ2n) is 7.73. The molecule has 0 aliphatic rings. The molecule has 0 saturated heterocycles. The van der Waals surface area contributed by atoms with E-state index in [1.807, 2.05) is 31.2 Å². The van der Waals surface area contributed by atoms with E-state index in [0.717, 1.165) is 29.7 Å². The third-order valence-electron chi connectivity index (χ3n) is 5.09. The molecular weight excluding hydrogens is 395 g/mol. The van der Waals surface area contributed by atoms with Crippen molar-refractivity contribution in [2.45, 2.75) is 59.0 Å². The Morgan fingerprint density at radius 1 is 1.06 bits per heavy atom. The van der Waals surface area contributed by atoms with E-state index in [1.54, 1.807) is 24.0 Å². The van der Waals surface area contributed by atoms with Crippen LogP contribution < -0.4 is 10.1 Å². The van der Waals surface area contributed by atoms with E-state index in [2.05, 4.69) is 12.2 Å². The summed E-state index contributed by atoms with van der Waals surface area (Å²) >= 11 is 0. The zero-order valence-electron chi connectivity index (χ0n) is 18.7. The van der Waals surface area contributed by atoms with Gasteiger partial charge in [0, 0.05) is 19.5 Å².